The summed E-state index contributed by atoms with van der Waals surface area (Å²) in [6.07, 6.45) is 0. The molecule has 1 radical (unpaired) electrons. The quantitative estimate of drug-likeness (QED) is 0.522. The molecular weight excluding hydrogens is 102 g/mol. The van der Waals surface area contributed by atoms with E-state index in [4.69, 9.17) is 0 Å². The number of rotatable bonds is 2. The van der Waals surface area contributed by atoms with Crippen molar-refractivity contribution in [2.45, 2.75) is 19.4 Å². The Morgan fingerprint density at radius 1 is 1.38 bits per heavy atom. The van der Waals surface area contributed by atoms with Crippen LogP contribution in [-0.4, -0.2) is 31.1 Å². The Labute approximate surface area is 51.1 Å². The molecule has 0 spiro atoms. The first kappa shape index (κ1) is 7.92. The van der Waals surface area contributed by atoms with Crippen LogP contribution in [0.4, 0.5) is 0 Å². The maximum absolute atomic E-state index is 10.4. The zero-order valence-corrected chi connectivity index (χ0v) is 6.06. The van der Waals surface area contributed by atoms with E-state index in [0.29, 0.717) is 0 Å². The van der Waals surface area contributed by atoms with Crippen LogP contribution in [0.3, 0.4) is 0 Å². The van der Waals surface area contributed by atoms with Gasteiger partial charge in [-0.1, -0.05) is 0 Å². The summed E-state index contributed by atoms with van der Waals surface area (Å²) in [7, 11) is 3.83. The molecule has 0 saturated heterocycles. The van der Waals surface area contributed by atoms with E-state index in [2.05, 4.69) is 0 Å². The topological polar surface area (TPSA) is 23.1 Å². The summed E-state index contributed by atoms with van der Waals surface area (Å²) < 4.78 is 0. The van der Waals surface area contributed by atoms with Gasteiger partial charge in [-0.15, -0.1) is 0 Å². The Balaban J connectivity index is 3.71. The molecule has 0 fully saturated rings. The van der Waals surface area contributed by atoms with E-state index in [1.165, 1.54) is 0 Å². The molecule has 0 amide bonds. The number of likely N-dealkylation sites (N-methyl/N-ethyl adjacent to an activating group) is 1. The van der Waals surface area contributed by atoms with Gasteiger partial charge in [-0.25, -0.2) is 5.11 Å². The van der Waals surface area contributed by atoms with Gasteiger partial charge in [-0.2, -0.15) is 0 Å². The molecule has 0 N–H and O–H groups in total. The van der Waals surface area contributed by atoms with Crippen LogP contribution >= 0.6 is 0 Å². The molecule has 0 aromatic rings. The fraction of sp³-hybridized carbons (Fsp3) is 1.00. The van der Waals surface area contributed by atoms with Gasteiger partial charge in [0.25, 0.3) is 0 Å². The lowest BCUT2D eigenvalue weighted by Gasteiger charge is -2.28. The Morgan fingerprint density at radius 3 is 1.75 bits per heavy atom. The van der Waals surface area contributed by atoms with Crippen molar-refractivity contribution in [1.29, 1.82) is 0 Å². The molecule has 49 valence electrons. The largest absolute Gasteiger partial charge is 0.302 e. The molecule has 0 unspecified atom stereocenters. The van der Waals surface area contributed by atoms with Crippen LogP contribution in [0.5, 0.6) is 0 Å². The van der Waals surface area contributed by atoms with Crippen LogP contribution in [0.1, 0.15) is 13.8 Å². The summed E-state index contributed by atoms with van der Waals surface area (Å²) in [5.41, 5.74) is -0.181. The van der Waals surface area contributed by atoms with Crippen LogP contribution in [-0.2, 0) is 5.11 Å². The second-order valence-electron chi connectivity index (χ2n) is 2.85. The normalized spacial score (nSPS) is 12.8. The molecule has 0 rings (SSSR count). The van der Waals surface area contributed by atoms with Crippen molar-refractivity contribution >= 4 is 0 Å². The minimum absolute atomic E-state index is 0.0417. The molecule has 2 heteroatoms. The zero-order valence-electron chi connectivity index (χ0n) is 6.06. The van der Waals surface area contributed by atoms with Crippen molar-refractivity contribution < 1.29 is 5.11 Å². The Hall–Kier alpha value is -0.0800. The fourth-order valence-electron chi connectivity index (χ4n) is 0.129. The molecule has 0 aliphatic carbocycles. The maximum Gasteiger partial charge on any atom is 0.1000 e. The van der Waals surface area contributed by atoms with Crippen LogP contribution in [0.2, 0.25) is 0 Å². The molecule has 0 saturated carbocycles. The smallest absolute Gasteiger partial charge is 0.1000 e. The summed E-state index contributed by atoms with van der Waals surface area (Å²) >= 11 is 0. The molecule has 8 heavy (non-hydrogen) atoms. The van der Waals surface area contributed by atoms with Crippen molar-refractivity contribution in [2.75, 3.05) is 20.7 Å². The summed E-state index contributed by atoms with van der Waals surface area (Å²) in [6, 6.07) is 0. The molecule has 0 aromatic carbocycles. The van der Waals surface area contributed by atoms with Crippen molar-refractivity contribution in [3.8, 4) is 0 Å². The highest BCUT2D eigenvalue weighted by molar-refractivity contribution is 4.74. The molecular formula is C6H14NO. The van der Waals surface area contributed by atoms with Gasteiger partial charge in [-0.05, 0) is 27.9 Å². The van der Waals surface area contributed by atoms with Crippen LogP contribution < -0.4 is 0 Å². The minimum Gasteiger partial charge on any atom is -0.302 e. The lowest BCUT2D eigenvalue weighted by Crippen LogP contribution is -2.40. The first-order valence-electron chi connectivity index (χ1n) is 2.76. The van der Waals surface area contributed by atoms with E-state index in [-0.39, 0.29) is 12.1 Å². The minimum atomic E-state index is -0.181. The summed E-state index contributed by atoms with van der Waals surface area (Å²) in [5, 5.41) is 10.4. The molecule has 0 atom stereocenters. The van der Waals surface area contributed by atoms with Gasteiger partial charge in [0.2, 0.25) is 0 Å². The van der Waals surface area contributed by atoms with Crippen molar-refractivity contribution in [3.05, 3.63) is 0 Å². The lowest BCUT2D eigenvalue weighted by molar-refractivity contribution is 0.0563. The van der Waals surface area contributed by atoms with E-state index in [1.54, 1.807) is 0 Å². The first-order chi connectivity index (χ1) is 3.50. The van der Waals surface area contributed by atoms with E-state index in [0.717, 1.165) is 0 Å². The third-order valence-electron chi connectivity index (χ3n) is 1.56. The Bertz CT molecular complexity index is 68.9. The van der Waals surface area contributed by atoms with Gasteiger partial charge in [0.05, 0.1) is 6.61 Å². The number of hydrogen-bond donors (Lipinski definition) is 0. The van der Waals surface area contributed by atoms with Crippen LogP contribution in [0.15, 0.2) is 0 Å². The second-order valence-corrected chi connectivity index (χ2v) is 2.85. The monoisotopic (exact) mass is 116 g/mol. The molecule has 0 bridgehead atoms. The van der Waals surface area contributed by atoms with Crippen LogP contribution in [0, 0.1) is 0 Å². The highest BCUT2D eigenvalue weighted by Gasteiger charge is 2.18. The third-order valence-corrected chi connectivity index (χ3v) is 1.56. The van der Waals surface area contributed by atoms with E-state index >= 15 is 0 Å². The molecule has 0 aliphatic heterocycles. The summed E-state index contributed by atoms with van der Waals surface area (Å²) in [5.74, 6) is 0. The van der Waals surface area contributed by atoms with Crippen molar-refractivity contribution in [1.82, 2.24) is 4.90 Å². The zero-order chi connectivity index (χ0) is 6.78. The maximum atomic E-state index is 10.4. The van der Waals surface area contributed by atoms with Gasteiger partial charge < -0.3 is 4.90 Å². The van der Waals surface area contributed by atoms with Crippen molar-refractivity contribution in [2.24, 2.45) is 0 Å². The number of nitrogens with zero attached hydrogens (tertiary/aromatic N) is 1. The van der Waals surface area contributed by atoms with Gasteiger partial charge in [0.1, 0.15) is 0 Å². The van der Waals surface area contributed by atoms with Crippen LogP contribution in [0.25, 0.3) is 0 Å². The molecule has 2 nitrogen and oxygen atoms in total. The summed E-state index contributed by atoms with van der Waals surface area (Å²) in [4.78, 5) is 1.93. The highest BCUT2D eigenvalue weighted by atomic mass is 16.3. The number of hydrogen-bond acceptors (Lipinski definition) is 1. The first-order valence-corrected chi connectivity index (χ1v) is 2.76. The SMILES string of the molecule is CN(C)C(C)(C)C[O]. The third kappa shape index (κ3) is 1.80. The van der Waals surface area contributed by atoms with E-state index < -0.39 is 0 Å². The van der Waals surface area contributed by atoms with Gasteiger partial charge >= 0.3 is 0 Å². The van der Waals surface area contributed by atoms with Gasteiger partial charge in [0, 0.05) is 5.54 Å². The average molecular weight is 116 g/mol. The van der Waals surface area contributed by atoms with Crippen molar-refractivity contribution in [3.63, 3.8) is 0 Å². The predicted molar refractivity (Wildman–Crippen MR) is 33.3 cm³/mol. The molecule has 0 aliphatic rings. The molecule has 0 aromatic heterocycles. The predicted octanol–water partition coefficient (Wildman–Crippen LogP) is 0.757. The fourth-order valence-corrected chi connectivity index (χ4v) is 0.129. The second kappa shape index (κ2) is 2.46. The average Bonchev–Trinajstić information content (AvgIpc) is 1.67. The summed E-state index contributed by atoms with van der Waals surface area (Å²) in [6.45, 7) is 3.82. The van der Waals surface area contributed by atoms with Gasteiger partial charge in [0.15, 0.2) is 0 Å². The molecule has 0 heterocycles. The lowest BCUT2D eigenvalue weighted by atomic mass is 10.1. The van der Waals surface area contributed by atoms with E-state index in [9.17, 15) is 5.11 Å². The van der Waals surface area contributed by atoms with E-state index in [1.807, 2.05) is 32.8 Å². The highest BCUT2D eigenvalue weighted by Crippen LogP contribution is 2.06. The Morgan fingerprint density at radius 2 is 1.75 bits per heavy atom. The Kier molecular flexibility index (Phi) is 2.44. The van der Waals surface area contributed by atoms with Gasteiger partial charge in [-0.3, -0.25) is 0 Å². The standard InChI is InChI=1S/C6H14NO/c1-6(2,5-8)7(3)4/h5H2,1-4H3.